The van der Waals surface area contributed by atoms with Crippen LogP contribution in [-0.4, -0.2) is 20.6 Å². The van der Waals surface area contributed by atoms with E-state index < -0.39 is 5.97 Å². The van der Waals surface area contributed by atoms with Crippen molar-refractivity contribution in [2.24, 2.45) is 0 Å². The molecule has 0 atom stereocenters. The standard InChI is InChI=1S/C12H9N3O2/c13-7-11-14-5-6-15(11)8-9-3-1-2-4-10(9)12(16)17/h1-6H,8H2,(H,16,17). The van der Waals surface area contributed by atoms with Crippen molar-refractivity contribution in [2.45, 2.75) is 6.54 Å². The van der Waals surface area contributed by atoms with Gasteiger partial charge in [0.25, 0.3) is 0 Å². The Morgan fingerprint density at radius 2 is 2.24 bits per heavy atom. The fourth-order valence-electron chi connectivity index (χ4n) is 1.60. The van der Waals surface area contributed by atoms with Gasteiger partial charge in [0.2, 0.25) is 5.82 Å². The lowest BCUT2D eigenvalue weighted by molar-refractivity contribution is 0.0695. The fourth-order valence-corrected chi connectivity index (χ4v) is 1.60. The molecule has 5 heteroatoms. The molecule has 0 aliphatic heterocycles. The van der Waals surface area contributed by atoms with E-state index in [4.69, 9.17) is 10.4 Å². The first-order chi connectivity index (χ1) is 8.22. The number of carboxylic acid groups (broad SMARTS) is 1. The zero-order valence-corrected chi connectivity index (χ0v) is 8.87. The second-order valence-corrected chi connectivity index (χ2v) is 3.45. The van der Waals surface area contributed by atoms with Gasteiger partial charge < -0.3 is 9.67 Å². The number of nitriles is 1. The van der Waals surface area contributed by atoms with Crippen molar-refractivity contribution in [3.05, 3.63) is 53.6 Å². The van der Waals surface area contributed by atoms with Gasteiger partial charge in [-0.15, -0.1) is 0 Å². The molecule has 2 rings (SSSR count). The van der Waals surface area contributed by atoms with Crippen LogP contribution in [0.1, 0.15) is 21.7 Å². The van der Waals surface area contributed by atoms with E-state index in [1.54, 1.807) is 35.0 Å². The van der Waals surface area contributed by atoms with Crippen LogP contribution in [0.3, 0.4) is 0 Å². The van der Waals surface area contributed by atoms with Crippen molar-refractivity contribution < 1.29 is 9.90 Å². The van der Waals surface area contributed by atoms with Crippen LogP contribution in [0.2, 0.25) is 0 Å². The van der Waals surface area contributed by atoms with Crippen LogP contribution in [-0.2, 0) is 6.54 Å². The van der Waals surface area contributed by atoms with Gasteiger partial charge in [0.1, 0.15) is 6.07 Å². The van der Waals surface area contributed by atoms with Crippen LogP contribution in [0.5, 0.6) is 0 Å². The predicted octanol–water partition coefficient (Wildman–Crippen LogP) is 1.50. The Kier molecular flexibility index (Phi) is 2.88. The van der Waals surface area contributed by atoms with Gasteiger partial charge in [0.05, 0.1) is 12.1 Å². The number of aromatic carboxylic acids is 1. The van der Waals surface area contributed by atoms with Crippen LogP contribution in [0.25, 0.3) is 0 Å². The number of carbonyl (C=O) groups is 1. The van der Waals surface area contributed by atoms with Gasteiger partial charge in [-0.05, 0) is 11.6 Å². The Hall–Kier alpha value is -2.61. The number of hydrogen-bond acceptors (Lipinski definition) is 3. The third kappa shape index (κ3) is 2.16. The largest absolute Gasteiger partial charge is 0.478 e. The predicted molar refractivity (Wildman–Crippen MR) is 59.4 cm³/mol. The van der Waals surface area contributed by atoms with Crippen LogP contribution in [0.4, 0.5) is 0 Å². The normalized spacial score (nSPS) is 9.82. The third-order valence-corrected chi connectivity index (χ3v) is 2.40. The second-order valence-electron chi connectivity index (χ2n) is 3.45. The van der Waals surface area contributed by atoms with Crippen molar-refractivity contribution in [2.75, 3.05) is 0 Å². The van der Waals surface area contributed by atoms with E-state index >= 15 is 0 Å². The molecule has 17 heavy (non-hydrogen) atoms. The van der Waals surface area contributed by atoms with Crippen LogP contribution < -0.4 is 0 Å². The quantitative estimate of drug-likeness (QED) is 0.861. The Bertz CT molecular complexity index is 596. The lowest BCUT2D eigenvalue weighted by Crippen LogP contribution is -2.07. The molecule has 0 saturated heterocycles. The van der Waals surface area contributed by atoms with Gasteiger partial charge in [-0.25, -0.2) is 9.78 Å². The van der Waals surface area contributed by atoms with Gasteiger partial charge in [-0.3, -0.25) is 0 Å². The molecule has 0 spiro atoms. The van der Waals surface area contributed by atoms with Gasteiger partial charge >= 0.3 is 5.97 Å². The monoisotopic (exact) mass is 227 g/mol. The second kappa shape index (κ2) is 4.49. The van der Waals surface area contributed by atoms with Crippen molar-refractivity contribution in [3.63, 3.8) is 0 Å². The minimum Gasteiger partial charge on any atom is -0.478 e. The van der Waals surface area contributed by atoms with E-state index in [-0.39, 0.29) is 11.4 Å². The molecular weight excluding hydrogens is 218 g/mol. The fraction of sp³-hybridized carbons (Fsp3) is 0.0833. The van der Waals surface area contributed by atoms with Crippen molar-refractivity contribution >= 4 is 5.97 Å². The summed E-state index contributed by atoms with van der Waals surface area (Å²) in [4.78, 5) is 14.9. The molecule has 1 aromatic heterocycles. The lowest BCUT2D eigenvalue weighted by atomic mass is 10.1. The third-order valence-electron chi connectivity index (χ3n) is 2.40. The first-order valence-electron chi connectivity index (χ1n) is 4.95. The average molecular weight is 227 g/mol. The lowest BCUT2D eigenvalue weighted by Gasteiger charge is -2.07. The first-order valence-corrected chi connectivity index (χ1v) is 4.95. The summed E-state index contributed by atoms with van der Waals surface area (Å²) >= 11 is 0. The van der Waals surface area contributed by atoms with Gasteiger partial charge in [0, 0.05) is 12.4 Å². The Morgan fingerprint density at radius 3 is 2.94 bits per heavy atom. The highest BCUT2D eigenvalue weighted by Gasteiger charge is 2.10. The molecular formula is C12H9N3O2. The first kappa shape index (κ1) is 10.9. The minimum atomic E-state index is -0.973. The SMILES string of the molecule is N#Cc1nccn1Cc1ccccc1C(=O)O. The summed E-state index contributed by atoms with van der Waals surface area (Å²) in [5.41, 5.74) is 0.889. The summed E-state index contributed by atoms with van der Waals surface area (Å²) in [5, 5.41) is 17.8. The van der Waals surface area contributed by atoms with Gasteiger partial charge in [-0.2, -0.15) is 5.26 Å². The molecule has 1 heterocycles. The number of imidazole rings is 1. The number of carboxylic acids is 1. The van der Waals surface area contributed by atoms with E-state index in [2.05, 4.69) is 4.98 Å². The highest BCUT2D eigenvalue weighted by molar-refractivity contribution is 5.89. The van der Waals surface area contributed by atoms with Crippen LogP contribution in [0, 0.1) is 11.3 Å². The Balaban J connectivity index is 2.37. The molecule has 0 amide bonds. The summed E-state index contributed by atoms with van der Waals surface area (Å²) in [6, 6.07) is 8.66. The number of nitrogens with zero attached hydrogens (tertiary/aromatic N) is 3. The van der Waals surface area contributed by atoms with Crippen molar-refractivity contribution in [3.8, 4) is 6.07 Å². The zero-order valence-electron chi connectivity index (χ0n) is 8.87. The van der Waals surface area contributed by atoms with E-state index in [1.165, 1.54) is 6.20 Å². The Morgan fingerprint density at radius 1 is 1.47 bits per heavy atom. The molecule has 0 saturated carbocycles. The molecule has 0 bridgehead atoms. The highest BCUT2D eigenvalue weighted by Crippen LogP contribution is 2.11. The summed E-state index contributed by atoms with van der Waals surface area (Å²) < 4.78 is 1.61. The zero-order chi connectivity index (χ0) is 12.3. The maximum absolute atomic E-state index is 11.0. The van der Waals surface area contributed by atoms with Gasteiger partial charge in [0.15, 0.2) is 0 Å². The average Bonchev–Trinajstić information content (AvgIpc) is 2.77. The number of aromatic nitrogens is 2. The van der Waals surface area contributed by atoms with E-state index in [9.17, 15) is 4.79 Å². The van der Waals surface area contributed by atoms with Gasteiger partial charge in [-0.1, -0.05) is 18.2 Å². The number of rotatable bonds is 3. The van der Waals surface area contributed by atoms with Crippen molar-refractivity contribution in [1.82, 2.24) is 9.55 Å². The maximum Gasteiger partial charge on any atom is 0.336 e. The maximum atomic E-state index is 11.0. The number of hydrogen-bond donors (Lipinski definition) is 1. The molecule has 0 aliphatic carbocycles. The molecule has 0 fully saturated rings. The summed E-state index contributed by atoms with van der Waals surface area (Å²) in [5.74, 6) is -0.704. The molecule has 0 unspecified atom stereocenters. The van der Waals surface area contributed by atoms with E-state index in [1.807, 2.05) is 6.07 Å². The smallest absolute Gasteiger partial charge is 0.336 e. The molecule has 1 N–H and O–H groups in total. The molecule has 84 valence electrons. The summed E-state index contributed by atoms with van der Waals surface area (Å²) in [6.45, 7) is 0.325. The summed E-state index contributed by atoms with van der Waals surface area (Å²) in [7, 11) is 0. The number of benzene rings is 1. The Labute approximate surface area is 97.6 Å². The molecule has 5 nitrogen and oxygen atoms in total. The molecule has 1 aromatic carbocycles. The summed E-state index contributed by atoms with van der Waals surface area (Å²) in [6.07, 6.45) is 3.17. The minimum absolute atomic E-state index is 0.241. The molecule has 2 aromatic rings. The van der Waals surface area contributed by atoms with E-state index in [0.717, 1.165) is 0 Å². The van der Waals surface area contributed by atoms with Crippen LogP contribution in [0.15, 0.2) is 36.7 Å². The van der Waals surface area contributed by atoms with Crippen molar-refractivity contribution in [1.29, 1.82) is 5.26 Å². The van der Waals surface area contributed by atoms with E-state index in [0.29, 0.717) is 12.1 Å². The topological polar surface area (TPSA) is 78.9 Å². The van der Waals surface area contributed by atoms with Crippen LogP contribution >= 0.6 is 0 Å². The molecule has 0 aliphatic rings. The molecule has 0 radical (unpaired) electrons. The highest BCUT2D eigenvalue weighted by atomic mass is 16.4.